The van der Waals surface area contributed by atoms with Crippen LogP contribution < -0.4 is 10.1 Å². The molecule has 30 heavy (non-hydrogen) atoms. The number of carbonyl (C=O) groups excluding carboxylic acids is 2. The third-order valence-corrected chi connectivity index (χ3v) is 4.23. The van der Waals surface area contributed by atoms with Crippen LogP contribution in [0.1, 0.15) is 28.4 Å². The minimum absolute atomic E-state index is 0.284. The fraction of sp³-hybridized carbons (Fsp3) is 0.125. The minimum atomic E-state index is -1.02. The lowest BCUT2D eigenvalue weighted by atomic mass is 10.2. The van der Waals surface area contributed by atoms with Gasteiger partial charge in [0.25, 0.3) is 5.91 Å². The number of nitriles is 1. The molecule has 0 aromatic heterocycles. The van der Waals surface area contributed by atoms with Crippen molar-refractivity contribution in [3.8, 4) is 11.8 Å². The van der Waals surface area contributed by atoms with Crippen LogP contribution in [0.4, 0.5) is 5.69 Å². The van der Waals surface area contributed by atoms with Gasteiger partial charge in [0.15, 0.2) is 6.10 Å². The second kappa shape index (κ2) is 9.89. The second-order valence-electron chi connectivity index (χ2n) is 6.53. The number of esters is 1. The molecule has 0 fully saturated rings. The minimum Gasteiger partial charge on any atom is -0.489 e. The van der Waals surface area contributed by atoms with E-state index in [1.54, 1.807) is 48.5 Å². The highest BCUT2D eigenvalue weighted by Crippen LogP contribution is 2.17. The zero-order chi connectivity index (χ0) is 21.3. The van der Waals surface area contributed by atoms with E-state index < -0.39 is 18.0 Å². The average molecular weight is 400 g/mol. The maximum atomic E-state index is 12.4. The van der Waals surface area contributed by atoms with Crippen LogP contribution in [-0.4, -0.2) is 18.0 Å². The molecule has 0 heterocycles. The SMILES string of the molecule is C[C@H](OC(=O)c1cccc(OCc2ccccc2)c1)C(=O)Nc1cccc(C#N)c1. The number of hydrogen-bond donors (Lipinski definition) is 1. The normalized spacial score (nSPS) is 11.1. The van der Waals surface area contributed by atoms with Crippen molar-refractivity contribution < 1.29 is 19.1 Å². The van der Waals surface area contributed by atoms with E-state index in [4.69, 9.17) is 14.7 Å². The molecule has 1 amide bonds. The first-order chi connectivity index (χ1) is 14.5. The fourth-order valence-corrected chi connectivity index (χ4v) is 2.65. The first kappa shape index (κ1) is 20.6. The zero-order valence-corrected chi connectivity index (χ0v) is 16.4. The van der Waals surface area contributed by atoms with Crippen LogP contribution in [-0.2, 0) is 16.1 Å². The lowest BCUT2D eigenvalue weighted by Crippen LogP contribution is -2.30. The predicted molar refractivity (Wildman–Crippen MR) is 112 cm³/mol. The van der Waals surface area contributed by atoms with E-state index in [1.807, 2.05) is 36.4 Å². The maximum absolute atomic E-state index is 12.4. The molecule has 0 spiro atoms. The Morgan fingerprint density at radius 3 is 2.53 bits per heavy atom. The van der Waals surface area contributed by atoms with Crippen LogP contribution >= 0.6 is 0 Å². The van der Waals surface area contributed by atoms with E-state index >= 15 is 0 Å². The van der Waals surface area contributed by atoms with Crippen LogP contribution in [0, 0.1) is 11.3 Å². The van der Waals surface area contributed by atoms with Crippen LogP contribution in [0.2, 0.25) is 0 Å². The van der Waals surface area contributed by atoms with Gasteiger partial charge < -0.3 is 14.8 Å². The Morgan fingerprint density at radius 1 is 1.00 bits per heavy atom. The predicted octanol–water partition coefficient (Wildman–Crippen LogP) is 4.32. The third-order valence-electron chi connectivity index (χ3n) is 4.23. The molecule has 6 heteroatoms. The van der Waals surface area contributed by atoms with E-state index in [2.05, 4.69) is 5.32 Å². The van der Waals surface area contributed by atoms with Crippen molar-refractivity contribution in [3.05, 3.63) is 95.6 Å². The summed E-state index contributed by atoms with van der Waals surface area (Å²) < 4.78 is 11.0. The first-order valence-corrected chi connectivity index (χ1v) is 9.34. The number of carbonyl (C=O) groups is 2. The summed E-state index contributed by atoms with van der Waals surface area (Å²) in [6, 6.07) is 24.8. The van der Waals surface area contributed by atoms with Gasteiger partial charge in [0.05, 0.1) is 17.2 Å². The number of amides is 1. The van der Waals surface area contributed by atoms with Gasteiger partial charge in [0, 0.05) is 5.69 Å². The van der Waals surface area contributed by atoms with Gasteiger partial charge in [0.1, 0.15) is 12.4 Å². The fourth-order valence-electron chi connectivity index (χ4n) is 2.65. The largest absolute Gasteiger partial charge is 0.489 e. The van der Waals surface area contributed by atoms with E-state index in [0.717, 1.165) is 5.56 Å². The summed E-state index contributed by atoms with van der Waals surface area (Å²) in [5, 5.41) is 11.6. The number of nitrogens with zero attached hydrogens (tertiary/aromatic N) is 1. The van der Waals surface area contributed by atoms with Gasteiger partial charge in [-0.3, -0.25) is 4.79 Å². The number of nitrogens with one attached hydrogen (secondary N) is 1. The zero-order valence-electron chi connectivity index (χ0n) is 16.4. The van der Waals surface area contributed by atoms with E-state index in [1.165, 1.54) is 6.92 Å². The molecule has 0 aliphatic rings. The molecule has 3 rings (SSSR count). The molecule has 0 bridgehead atoms. The summed E-state index contributed by atoms with van der Waals surface area (Å²) in [6.07, 6.45) is -1.02. The van der Waals surface area contributed by atoms with Crippen LogP contribution in [0.15, 0.2) is 78.9 Å². The maximum Gasteiger partial charge on any atom is 0.339 e. The molecule has 3 aromatic rings. The molecule has 0 saturated heterocycles. The smallest absolute Gasteiger partial charge is 0.339 e. The summed E-state index contributed by atoms with van der Waals surface area (Å²) in [5.41, 5.74) is 2.17. The van der Waals surface area contributed by atoms with Gasteiger partial charge >= 0.3 is 5.97 Å². The molecular weight excluding hydrogens is 380 g/mol. The highest BCUT2D eigenvalue weighted by molar-refractivity contribution is 5.97. The standard InChI is InChI=1S/C24H20N2O4/c1-17(23(27)26-21-11-5-9-19(13-21)15-25)30-24(28)20-10-6-12-22(14-20)29-16-18-7-3-2-4-8-18/h2-14,17H,16H2,1H3,(H,26,27)/t17-/m0/s1. The lowest BCUT2D eigenvalue weighted by Gasteiger charge is -2.14. The highest BCUT2D eigenvalue weighted by atomic mass is 16.5. The Morgan fingerprint density at radius 2 is 1.77 bits per heavy atom. The molecular formula is C24H20N2O4. The molecule has 150 valence electrons. The van der Waals surface area contributed by atoms with Crippen LogP contribution in [0.5, 0.6) is 5.75 Å². The monoisotopic (exact) mass is 400 g/mol. The van der Waals surface area contributed by atoms with Crippen molar-refractivity contribution in [2.75, 3.05) is 5.32 Å². The molecule has 0 unspecified atom stereocenters. The Labute approximate surface area is 174 Å². The van der Waals surface area contributed by atoms with Crippen molar-refractivity contribution in [2.24, 2.45) is 0 Å². The Hall–Kier alpha value is -4.11. The highest BCUT2D eigenvalue weighted by Gasteiger charge is 2.19. The van der Waals surface area contributed by atoms with Crippen LogP contribution in [0.3, 0.4) is 0 Å². The summed E-state index contributed by atoms with van der Waals surface area (Å²) in [5.74, 6) is -0.595. The topological polar surface area (TPSA) is 88.4 Å². The number of rotatable bonds is 7. The van der Waals surface area contributed by atoms with Crippen molar-refractivity contribution >= 4 is 17.6 Å². The number of anilines is 1. The van der Waals surface area contributed by atoms with Crippen molar-refractivity contribution in [1.29, 1.82) is 5.26 Å². The Bertz CT molecular complexity index is 1070. The molecule has 0 aliphatic carbocycles. The van der Waals surface area contributed by atoms with Crippen molar-refractivity contribution in [3.63, 3.8) is 0 Å². The van der Waals surface area contributed by atoms with Gasteiger partial charge in [-0.25, -0.2) is 4.79 Å². The average Bonchev–Trinajstić information content (AvgIpc) is 2.78. The Balaban J connectivity index is 1.58. The second-order valence-corrected chi connectivity index (χ2v) is 6.53. The quantitative estimate of drug-likeness (QED) is 0.597. The van der Waals surface area contributed by atoms with E-state index in [-0.39, 0.29) is 5.56 Å². The molecule has 0 aliphatic heterocycles. The van der Waals surface area contributed by atoms with Crippen LogP contribution in [0.25, 0.3) is 0 Å². The number of ether oxygens (including phenoxy) is 2. The van der Waals surface area contributed by atoms with Gasteiger partial charge in [0.2, 0.25) is 0 Å². The molecule has 1 N–H and O–H groups in total. The number of benzene rings is 3. The van der Waals surface area contributed by atoms with E-state index in [0.29, 0.717) is 23.6 Å². The third kappa shape index (κ3) is 5.69. The first-order valence-electron chi connectivity index (χ1n) is 9.34. The van der Waals surface area contributed by atoms with Gasteiger partial charge in [-0.2, -0.15) is 5.26 Å². The molecule has 0 saturated carbocycles. The summed E-state index contributed by atoms with van der Waals surface area (Å²) >= 11 is 0. The summed E-state index contributed by atoms with van der Waals surface area (Å²) in [7, 11) is 0. The molecule has 0 radical (unpaired) electrons. The number of hydrogen-bond acceptors (Lipinski definition) is 5. The molecule has 1 atom stereocenters. The van der Waals surface area contributed by atoms with Gasteiger partial charge in [-0.05, 0) is 48.9 Å². The molecule has 6 nitrogen and oxygen atoms in total. The summed E-state index contributed by atoms with van der Waals surface area (Å²) in [4.78, 5) is 24.7. The molecule has 3 aromatic carbocycles. The van der Waals surface area contributed by atoms with Crippen molar-refractivity contribution in [1.82, 2.24) is 0 Å². The summed E-state index contributed by atoms with van der Waals surface area (Å²) in [6.45, 7) is 1.86. The van der Waals surface area contributed by atoms with Gasteiger partial charge in [-0.1, -0.05) is 42.5 Å². The van der Waals surface area contributed by atoms with Crippen molar-refractivity contribution in [2.45, 2.75) is 19.6 Å². The van der Waals surface area contributed by atoms with Gasteiger partial charge in [-0.15, -0.1) is 0 Å². The lowest BCUT2D eigenvalue weighted by molar-refractivity contribution is -0.123. The van der Waals surface area contributed by atoms with E-state index in [9.17, 15) is 9.59 Å². The Kier molecular flexibility index (Phi) is 6.80.